The summed E-state index contributed by atoms with van der Waals surface area (Å²) >= 11 is 11.6. The Morgan fingerprint density at radius 2 is 2.31 bits per heavy atom. The van der Waals surface area contributed by atoms with E-state index in [1.807, 2.05) is 0 Å². The Morgan fingerprint density at radius 1 is 1.56 bits per heavy atom. The van der Waals surface area contributed by atoms with Gasteiger partial charge in [-0.1, -0.05) is 23.2 Å². The van der Waals surface area contributed by atoms with Crippen molar-refractivity contribution in [1.29, 1.82) is 0 Å². The van der Waals surface area contributed by atoms with Gasteiger partial charge in [0.25, 0.3) is 0 Å². The van der Waals surface area contributed by atoms with E-state index in [2.05, 4.69) is 4.98 Å². The molecule has 0 bridgehead atoms. The van der Waals surface area contributed by atoms with Crippen LogP contribution in [-0.4, -0.2) is 22.3 Å². The number of fused-ring (bicyclic) bond motifs is 1. The number of carbonyl (C=O) groups excluding carboxylic acids is 1. The van der Waals surface area contributed by atoms with Crippen LogP contribution >= 0.6 is 23.2 Å². The van der Waals surface area contributed by atoms with Gasteiger partial charge in [0.15, 0.2) is 5.65 Å². The summed E-state index contributed by atoms with van der Waals surface area (Å²) in [6.45, 7) is 2.04. The molecule has 0 amide bonds. The Hall–Kier alpha value is -1.26. The molecule has 0 aromatic carbocycles. The largest absolute Gasteiger partial charge is 0.449 e. The number of rotatable bonds is 1. The molecule has 0 aliphatic heterocycles. The predicted molar refractivity (Wildman–Crippen MR) is 62.2 cm³/mol. The molecule has 0 atom stereocenters. The van der Waals surface area contributed by atoms with Gasteiger partial charge in [0.05, 0.1) is 11.6 Å². The van der Waals surface area contributed by atoms with Gasteiger partial charge in [-0.15, -0.1) is 0 Å². The fraction of sp³-hybridized carbons (Fsp3) is 0.200. The number of halogens is 2. The van der Waals surface area contributed by atoms with E-state index in [0.29, 0.717) is 17.3 Å². The highest BCUT2D eigenvalue weighted by molar-refractivity contribution is 6.41. The summed E-state index contributed by atoms with van der Waals surface area (Å²) in [5, 5.41) is 1.26. The Labute approximate surface area is 102 Å². The van der Waals surface area contributed by atoms with Crippen LogP contribution < -0.4 is 0 Å². The maximum atomic E-state index is 11.5. The zero-order chi connectivity index (χ0) is 11.7. The van der Waals surface area contributed by atoms with Gasteiger partial charge >= 0.3 is 6.09 Å². The van der Waals surface area contributed by atoms with Crippen molar-refractivity contribution in [2.24, 2.45) is 0 Å². The van der Waals surface area contributed by atoms with E-state index in [-0.39, 0.29) is 5.15 Å². The van der Waals surface area contributed by atoms with Gasteiger partial charge in [0.2, 0.25) is 0 Å². The molecule has 0 saturated carbocycles. The molecule has 6 heteroatoms. The first-order chi connectivity index (χ1) is 7.63. The molecule has 2 aromatic heterocycles. The summed E-state index contributed by atoms with van der Waals surface area (Å²) in [4.78, 5) is 15.6. The third-order valence-corrected chi connectivity index (χ3v) is 2.71. The third kappa shape index (κ3) is 1.86. The maximum absolute atomic E-state index is 11.5. The van der Waals surface area contributed by atoms with Crippen LogP contribution in [0.4, 0.5) is 4.79 Å². The highest BCUT2D eigenvalue weighted by Gasteiger charge is 2.12. The number of pyridine rings is 1. The first-order valence-corrected chi connectivity index (χ1v) is 5.39. The Morgan fingerprint density at radius 3 is 3.00 bits per heavy atom. The molecule has 0 N–H and O–H groups in total. The first kappa shape index (κ1) is 11.2. The van der Waals surface area contributed by atoms with Gasteiger partial charge in [0.1, 0.15) is 5.15 Å². The number of ether oxygens (including phenoxy) is 1. The summed E-state index contributed by atoms with van der Waals surface area (Å²) in [7, 11) is 0. The van der Waals surface area contributed by atoms with Crippen LogP contribution in [0.15, 0.2) is 18.3 Å². The molecule has 2 aromatic rings. The second-order valence-electron chi connectivity index (χ2n) is 3.06. The molecule has 0 aliphatic rings. The fourth-order valence-electron chi connectivity index (χ4n) is 1.35. The number of aromatic nitrogens is 2. The lowest BCUT2D eigenvalue weighted by atomic mass is 10.3. The normalized spacial score (nSPS) is 10.7. The summed E-state index contributed by atoms with van der Waals surface area (Å²) in [5.41, 5.74) is 0.438. The summed E-state index contributed by atoms with van der Waals surface area (Å²) in [6.07, 6.45) is 1.09. The molecule has 4 nitrogen and oxygen atoms in total. The van der Waals surface area contributed by atoms with E-state index in [1.165, 1.54) is 4.57 Å². The van der Waals surface area contributed by atoms with E-state index in [9.17, 15) is 4.79 Å². The van der Waals surface area contributed by atoms with E-state index < -0.39 is 6.09 Å². The fourth-order valence-corrected chi connectivity index (χ4v) is 1.65. The average Bonchev–Trinajstić information content (AvgIpc) is 2.62. The molecule has 2 heterocycles. The first-order valence-electron chi connectivity index (χ1n) is 4.63. The van der Waals surface area contributed by atoms with Crippen LogP contribution in [-0.2, 0) is 4.74 Å². The third-order valence-electron chi connectivity index (χ3n) is 2.04. The van der Waals surface area contributed by atoms with Crippen molar-refractivity contribution in [2.75, 3.05) is 6.61 Å². The van der Waals surface area contributed by atoms with E-state index in [0.717, 1.165) is 5.39 Å². The van der Waals surface area contributed by atoms with E-state index in [1.54, 1.807) is 25.3 Å². The minimum absolute atomic E-state index is 0.165. The van der Waals surface area contributed by atoms with Gasteiger partial charge in [0, 0.05) is 11.6 Å². The standard InChI is InChI=1S/C10H8Cl2N2O2/c1-2-16-10(15)14-4-3-6-5-7(11)8(12)13-9(6)14/h3-5H,2H2,1H3. The number of carbonyl (C=O) groups is 1. The molecule has 0 saturated heterocycles. The number of hydrogen-bond donors (Lipinski definition) is 0. The van der Waals surface area contributed by atoms with E-state index >= 15 is 0 Å². The van der Waals surface area contributed by atoms with Crippen LogP contribution in [0.2, 0.25) is 10.2 Å². The Balaban J connectivity index is 2.56. The summed E-state index contributed by atoms with van der Waals surface area (Å²) in [6, 6.07) is 3.38. The molecule has 84 valence electrons. The highest BCUT2D eigenvalue weighted by Crippen LogP contribution is 2.25. The van der Waals surface area contributed by atoms with Crippen molar-refractivity contribution in [1.82, 2.24) is 9.55 Å². The van der Waals surface area contributed by atoms with Crippen LogP contribution in [0.3, 0.4) is 0 Å². The van der Waals surface area contributed by atoms with Gasteiger partial charge < -0.3 is 4.74 Å². The van der Waals surface area contributed by atoms with Gasteiger partial charge in [-0.3, -0.25) is 0 Å². The Kier molecular flexibility index (Phi) is 3.03. The zero-order valence-electron chi connectivity index (χ0n) is 8.41. The molecule has 2 rings (SSSR count). The van der Waals surface area contributed by atoms with Gasteiger partial charge in [-0.2, -0.15) is 0 Å². The smallest absolute Gasteiger partial charge is 0.419 e. The average molecular weight is 259 g/mol. The van der Waals surface area contributed by atoms with Crippen LogP contribution in [0.1, 0.15) is 6.92 Å². The number of nitrogens with zero attached hydrogens (tertiary/aromatic N) is 2. The summed E-state index contributed by atoms with van der Waals surface area (Å²) < 4.78 is 6.17. The van der Waals surface area contributed by atoms with Crippen LogP contribution in [0.5, 0.6) is 0 Å². The van der Waals surface area contributed by atoms with Crippen molar-refractivity contribution < 1.29 is 9.53 Å². The zero-order valence-corrected chi connectivity index (χ0v) is 9.92. The molecule has 16 heavy (non-hydrogen) atoms. The Bertz CT molecular complexity index is 551. The monoisotopic (exact) mass is 258 g/mol. The van der Waals surface area contributed by atoms with Gasteiger partial charge in [-0.05, 0) is 19.1 Å². The lowest BCUT2D eigenvalue weighted by molar-refractivity contribution is 0.155. The molecule has 0 fully saturated rings. The van der Waals surface area contributed by atoms with Crippen molar-refractivity contribution in [3.63, 3.8) is 0 Å². The van der Waals surface area contributed by atoms with Crippen LogP contribution in [0.25, 0.3) is 11.0 Å². The second kappa shape index (κ2) is 4.31. The van der Waals surface area contributed by atoms with Gasteiger partial charge in [-0.25, -0.2) is 14.3 Å². The second-order valence-corrected chi connectivity index (χ2v) is 3.82. The predicted octanol–water partition coefficient (Wildman–Crippen LogP) is 3.35. The lowest BCUT2D eigenvalue weighted by Gasteiger charge is -2.03. The molecule has 0 unspecified atom stereocenters. The summed E-state index contributed by atoms with van der Waals surface area (Å²) in [5.74, 6) is 0. The van der Waals surface area contributed by atoms with Crippen LogP contribution in [0, 0.1) is 0 Å². The molecule has 0 aliphatic carbocycles. The quantitative estimate of drug-likeness (QED) is 0.737. The molecule has 0 radical (unpaired) electrons. The minimum atomic E-state index is -0.483. The maximum Gasteiger partial charge on any atom is 0.419 e. The van der Waals surface area contributed by atoms with Crippen molar-refractivity contribution in [3.8, 4) is 0 Å². The minimum Gasteiger partial charge on any atom is -0.449 e. The highest BCUT2D eigenvalue weighted by atomic mass is 35.5. The molecule has 0 spiro atoms. The molecular weight excluding hydrogens is 251 g/mol. The topological polar surface area (TPSA) is 44.1 Å². The van der Waals surface area contributed by atoms with E-state index in [4.69, 9.17) is 27.9 Å². The molecular formula is C10H8Cl2N2O2. The van der Waals surface area contributed by atoms with Crippen molar-refractivity contribution in [3.05, 3.63) is 28.5 Å². The van der Waals surface area contributed by atoms with Crippen molar-refractivity contribution >= 4 is 40.3 Å². The SMILES string of the molecule is CCOC(=O)n1ccc2cc(Cl)c(Cl)nc21. The lowest BCUT2D eigenvalue weighted by Crippen LogP contribution is -2.12. The number of hydrogen-bond acceptors (Lipinski definition) is 3. The van der Waals surface area contributed by atoms with Crippen molar-refractivity contribution in [2.45, 2.75) is 6.92 Å².